The van der Waals surface area contributed by atoms with Gasteiger partial charge in [0.25, 0.3) is 0 Å². The fourth-order valence-corrected chi connectivity index (χ4v) is 3.15. The Labute approximate surface area is 146 Å². The monoisotopic (exact) mass is 342 g/mol. The number of anilines is 1. The normalized spacial score (nSPS) is 17.2. The van der Waals surface area contributed by atoms with E-state index >= 15 is 0 Å². The fourth-order valence-electron chi connectivity index (χ4n) is 2.95. The van der Waals surface area contributed by atoms with Crippen LogP contribution in [0.15, 0.2) is 48.5 Å². The van der Waals surface area contributed by atoms with E-state index in [2.05, 4.69) is 5.32 Å². The first-order valence-corrected chi connectivity index (χ1v) is 8.31. The summed E-state index contributed by atoms with van der Waals surface area (Å²) in [6.45, 7) is 2.75. The first-order valence-electron chi connectivity index (χ1n) is 7.93. The molecule has 0 unspecified atom stereocenters. The lowest BCUT2D eigenvalue weighted by molar-refractivity contribution is -0.126. The predicted molar refractivity (Wildman–Crippen MR) is 94.9 cm³/mol. The minimum Gasteiger partial charge on any atom is -0.352 e. The van der Waals surface area contributed by atoms with Crippen molar-refractivity contribution in [1.29, 1.82) is 0 Å². The van der Waals surface area contributed by atoms with Crippen molar-refractivity contribution in [1.82, 2.24) is 5.32 Å². The maximum absolute atomic E-state index is 12.4. The Morgan fingerprint density at radius 2 is 1.92 bits per heavy atom. The van der Waals surface area contributed by atoms with Crippen LogP contribution < -0.4 is 10.2 Å². The van der Waals surface area contributed by atoms with Crippen molar-refractivity contribution in [3.63, 3.8) is 0 Å². The third-order valence-electron chi connectivity index (χ3n) is 4.31. The summed E-state index contributed by atoms with van der Waals surface area (Å²) in [5.74, 6) is -0.457. The van der Waals surface area contributed by atoms with Crippen LogP contribution in [0.1, 0.15) is 17.5 Å². The molecule has 24 heavy (non-hydrogen) atoms. The van der Waals surface area contributed by atoms with E-state index in [0.29, 0.717) is 18.1 Å². The van der Waals surface area contributed by atoms with Crippen molar-refractivity contribution < 1.29 is 9.59 Å². The molecular formula is C19H19ClN2O2. The number of hydrogen-bond donors (Lipinski definition) is 1. The Morgan fingerprint density at radius 3 is 2.67 bits per heavy atom. The van der Waals surface area contributed by atoms with Gasteiger partial charge in [-0.3, -0.25) is 9.59 Å². The number of amides is 2. The number of aryl methyl sites for hydroxylation is 1. The first kappa shape index (κ1) is 16.5. The van der Waals surface area contributed by atoms with Gasteiger partial charge in [-0.15, -0.1) is 0 Å². The molecule has 2 aromatic carbocycles. The molecule has 1 atom stereocenters. The summed E-state index contributed by atoms with van der Waals surface area (Å²) in [4.78, 5) is 26.4. The van der Waals surface area contributed by atoms with Gasteiger partial charge in [0, 0.05) is 30.2 Å². The Balaban J connectivity index is 1.64. The molecule has 5 heteroatoms. The number of carbonyl (C=O) groups is 2. The zero-order valence-corrected chi connectivity index (χ0v) is 14.2. The molecule has 2 aromatic rings. The van der Waals surface area contributed by atoms with Gasteiger partial charge in [0.2, 0.25) is 11.8 Å². The van der Waals surface area contributed by atoms with E-state index in [9.17, 15) is 9.59 Å². The van der Waals surface area contributed by atoms with Crippen molar-refractivity contribution in [3.8, 4) is 0 Å². The number of nitrogens with one attached hydrogen (secondary N) is 1. The Hall–Kier alpha value is -2.33. The summed E-state index contributed by atoms with van der Waals surface area (Å²) in [7, 11) is 0. The maximum atomic E-state index is 12.4. The second-order valence-electron chi connectivity index (χ2n) is 6.00. The van der Waals surface area contributed by atoms with Crippen molar-refractivity contribution in [2.75, 3.05) is 11.4 Å². The van der Waals surface area contributed by atoms with Gasteiger partial charge < -0.3 is 10.2 Å². The molecule has 4 nitrogen and oxygen atoms in total. The second kappa shape index (κ2) is 7.05. The summed E-state index contributed by atoms with van der Waals surface area (Å²) in [6.07, 6.45) is 0.239. The topological polar surface area (TPSA) is 49.4 Å². The molecule has 2 amide bonds. The van der Waals surface area contributed by atoms with Crippen molar-refractivity contribution in [2.24, 2.45) is 5.92 Å². The van der Waals surface area contributed by atoms with Crippen LogP contribution in [-0.4, -0.2) is 18.4 Å². The number of halogens is 1. The average Bonchev–Trinajstić information content (AvgIpc) is 2.96. The van der Waals surface area contributed by atoms with Crippen LogP contribution in [0.5, 0.6) is 0 Å². The van der Waals surface area contributed by atoms with Gasteiger partial charge in [-0.1, -0.05) is 48.0 Å². The molecule has 124 valence electrons. The van der Waals surface area contributed by atoms with Crippen LogP contribution in [-0.2, 0) is 16.1 Å². The molecule has 3 rings (SSSR count). The van der Waals surface area contributed by atoms with Gasteiger partial charge >= 0.3 is 0 Å². The molecule has 1 fully saturated rings. The molecule has 0 bridgehead atoms. The van der Waals surface area contributed by atoms with E-state index in [1.54, 1.807) is 11.0 Å². The SMILES string of the molecule is Cc1ccccc1N1C[C@H](C(=O)NCc2ccccc2Cl)CC1=O. The lowest BCUT2D eigenvalue weighted by atomic mass is 10.1. The third kappa shape index (κ3) is 3.44. The smallest absolute Gasteiger partial charge is 0.227 e. The minimum atomic E-state index is -0.334. The zero-order valence-electron chi connectivity index (χ0n) is 13.5. The minimum absolute atomic E-state index is 0.0119. The van der Waals surface area contributed by atoms with E-state index < -0.39 is 0 Å². The summed E-state index contributed by atoms with van der Waals surface area (Å²) >= 11 is 6.10. The first-order chi connectivity index (χ1) is 11.6. The van der Waals surface area contributed by atoms with Gasteiger partial charge in [0.05, 0.1) is 5.92 Å². The van der Waals surface area contributed by atoms with E-state index in [1.807, 2.05) is 49.4 Å². The second-order valence-corrected chi connectivity index (χ2v) is 6.41. The summed E-state index contributed by atoms with van der Waals surface area (Å²) in [5.41, 5.74) is 2.78. The highest BCUT2D eigenvalue weighted by Crippen LogP contribution is 2.27. The molecule has 1 N–H and O–H groups in total. The molecule has 0 aromatic heterocycles. The van der Waals surface area contributed by atoms with Crippen molar-refractivity contribution in [2.45, 2.75) is 19.9 Å². The van der Waals surface area contributed by atoms with Crippen molar-refractivity contribution in [3.05, 3.63) is 64.7 Å². The molecule has 0 aliphatic carbocycles. The highest BCUT2D eigenvalue weighted by atomic mass is 35.5. The van der Waals surface area contributed by atoms with Crippen LogP contribution in [0.3, 0.4) is 0 Å². The number of carbonyl (C=O) groups excluding carboxylic acids is 2. The van der Waals surface area contributed by atoms with E-state index in [4.69, 9.17) is 11.6 Å². The average molecular weight is 343 g/mol. The Morgan fingerprint density at radius 1 is 1.21 bits per heavy atom. The summed E-state index contributed by atoms with van der Waals surface area (Å²) in [6, 6.07) is 15.1. The van der Waals surface area contributed by atoms with Gasteiger partial charge in [-0.05, 0) is 30.2 Å². The number of para-hydroxylation sites is 1. The van der Waals surface area contributed by atoms with Crippen molar-refractivity contribution >= 4 is 29.1 Å². The largest absolute Gasteiger partial charge is 0.352 e. The summed E-state index contributed by atoms with van der Waals surface area (Å²) in [5, 5.41) is 3.51. The lowest BCUT2D eigenvalue weighted by Crippen LogP contribution is -2.32. The molecule has 0 saturated carbocycles. The Bertz CT molecular complexity index is 775. The number of hydrogen-bond acceptors (Lipinski definition) is 2. The zero-order chi connectivity index (χ0) is 17.1. The van der Waals surface area contributed by atoms with Gasteiger partial charge in [-0.2, -0.15) is 0 Å². The van der Waals surface area contributed by atoms with Crippen LogP contribution in [0.2, 0.25) is 5.02 Å². The van der Waals surface area contributed by atoms with Crippen LogP contribution in [0, 0.1) is 12.8 Å². The number of rotatable bonds is 4. The molecular weight excluding hydrogens is 324 g/mol. The quantitative estimate of drug-likeness (QED) is 0.926. The molecule has 1 aliphatic heterocycles. The number of benzene rings is 2. The van der Waals surface area contributed by atoms with Gasteiger partial charge in [0.1, 0.15) is 0 Å². The van der Waals surface area contributed by atoms with E-state index in [0.717, 1.165) is 16.8 Å². The molecule has 0 radical (unpaired) electrons. The van der Waals surface area contributed by atoms with E-state index in [1.165, 1.54) is 0 Å². The number of nitrogens with zero attached hydrogens (tertiary/aromatic N) is 1. The van der Waals surface area contributed by atoms with Gasteiger partial charge in [0.15, 0.2) is 0 Å². The fraction of sp³-hybridized carbons (Fsp3) is 0.263. The molecule has 1 aliphatic rings. The van der Waals surface area contributed by atoms with Gasteiger partial charge in [-0.25, -0.2) is 0 Å². The van der Waals surface area contributed by atoms with Crippen LogP contribution in [0.4, 0.5) is 5.69 Å². The van der Waals surface area contributed by atoms with Crippen LogP contribution in [0.25, 0.3) is 0 Å². The summed E-state index contributed by atoms with van der Waals surface area (Å²) < 4.78 is 0. The maximum Gasteiger partial charge on any atom is 0.227 e. The van der Waals surface area contributed by atoms with E-state index in [-0.39, 0.29) is 24.2 Å². The predicted octanol–water partition coefficient (Wildman–Crippen LogP) is 3.32. The molecule has 1 saturated heterocycles. The highest BCUT2D eigenvalue weighted by Gasteiger charge is 2.35. The molecule has 0 spiro atoms. The third-order valence-corrected chi connectivity index (χ3v) is 4.68. The lowest BCUT2D eigenvalue weighted by Gasteiger charge is -2.19. The molecule has 1 heterocycles. The Kier molecular flexibility index (Phi) is 4.86. The highest BCUT2D eigenvalue weighted by molar-refractivity contribution is 6.31. The standard InChI is InChI=1S/C19H19ClN2O2/c1-13-6-2-5-9-17(13)22-12-15(10-18(22)23)19(24)21-11-14-7-3-4-8-16(14)20/h2-9,15H,10-12H2,1H3,(H,21,24)/t15-/m1/s1. The van der Waals surface area contributed by atoms with Crippen LogP contribution >= 0.6 is 11.6 Å².